The average Bonchev–Trinajstić information content (AvgIpc) is 3.23. The maximum absolute atomic E-state index is 13.4. The summed E-state index contributed by atoms with van der Waals surface area (Å²) in [5, 5.41) is 11.4. The van der Waals surface area contributed by atoms with Gasteiger partial charge >= 0.3 is 13.7 Å². The fourth-order valence-corrected chi connectivity index (χ4v) is 6.12. The van der Waals surface area contributed by atoms with Crippen molar-refractivity contribution in [1.29, 1.82) is 0 Å². The average molecular weight is 654 g/mol. The summed E-state index contributed by atoms with van der Waals surface area (Å²) >= 11 is 12.4. The van der Waals surface area contributed by atoms with Crippen LogP contribution in [0, 0.1) is 6.92 Å². The van der Waals surface area contributed by atoms with Gasteiger partial charge in [-0.15, -0.1) is 0 Å². The molecule has 43 heavy (non-hydrogen) atoms. The Bertz CT molecular complexity index is 1410. The molecule has 10 nitrogen and oxygen atoms in total. The first-order valence-corrected chi connectivity index (χ1v) is 16.5. The summed E-state index contributed by atoms with van der Waals surface area (Å²) < 4.78 is 31.8. The summed E-state index contributed by atoms with van der Waals surface area (Å²) in [6.45, 7) is 9.51. The van der Waals surface area contributed by atoms with Gasteiger partial charge in [0, 0.05) is 34.3 Å². The Labute approximate surface area is 262 Å². The molecule has 1 amide bonds. The molecule has 1 unspecified atom stereocenters. The zero-order chi connectivity index (χ0) is 31.6. The van der Waals surface area contributed by atoms with E-state index in [-0.39, 0.29) is 37.7 Å². The maximum atomic E-state index is 13.4. The Morgan fingerprint density at radius 2 is 1.74 bits per heavy atom. The van der Waals surface area contributed by atoms with Crippen LogP contribution in [0.2, 0.25) is 10.0 Å². The molecule has 0 bridgehead atoms. The minimum atomic E-state index is -3.69. The molecule has 2 N–H and O–H groups in total. The summed E-state index contributed by atoms with van der Waals surface area (Å²) in [6, 6.07) is 13.6. The molecule has 13 heteroatoms. The number of carbonyl (C=O) groups excluding carboxylic acids is 2. The lowest BCUT2D eigenvalue weighted by Crippen LogP contribution is -2.34. The molecule has 0 saturated heterocycles. The fraction of sp³-hybridized carbons (Fsp3) is 0.433. The number of ketones is 1. The second-order valence-electron chi connectivity index (χ2n) is 10.4. The quantitative estimate of drug-likeness (QED) is 0.129. The van der Waals surface area contributed by atoms with Crippen molar-refractivity contribution in [2.45, 2.75) is 59.5 Å². The number of hydrogen-bond acceptors (Lipinski definition) is 8. The smallest absolute Gasteiger partial charge is 0.407 e. The Balaban J connectivity index is 1.54. The van der Waals surface area contributed by atoms with Crippen molar-refractivity contribution in [2.75, 3.05) is 26.0 Å². The van der Waals surface area contributed by atoms with Gasteiger partial charge in [0.2, 0.25) is 0 Å². The molecule has 2 atom stereocenters. The van der Waals surface area contributed by atoms with Crippen LogP contribution in [0.4, 0.5) is 4.79 Å². The second kappa shape index (κ2) is 16.3. The zero-order valence-electron chi connectivity index (χ0n) is 25.1. The number of aromatic nitrogens is 2. The van der Waals surface area contributed by atoms with E-state index in [9.17, 15) is 14.2 Å². The monoisotopic (exact) mass is 652 g/mol. The third-order valence-corrected chi connectivity index (χ3v) is 8.87. The van der Waals surface area contributed by atoms with Gasteiger partial charge in [-0.05, 0) is 62.6 Å². The van der Waals surface area contributed by atoms with Crippen LogP contribution in [0.1, 0.15) is 56.1 Å². The number of benzene rings is 2. The standard InChI is InChI=1S/C30H39Cl2N4O6P/c1-20(2)29-28(17-24-15-25(31)18-26(32)16-24)22(4)36(35-29)12-13-40-30(38)33-11-14-43(39,41-19-34-21(3)23(5)37)42-27-9-7-6-8-10-27/h6-10,15-16,18,20-21,34H,11-14,17,19H2,1-5H3,(H,33,38)/t21-,43?/m0/s1. The zero-order valence-corrected chi connectivity index (χ0v) is 27.5. The molecule has 0 radical (unpaired) electrons. The number of hydrogen-bond donors (Lipinski definition) is 2. The van der Waals surface area contributed by atoms with E-state index in [1.807, 2.05) is 23.7 Å². The van der Waals surface area contributed by atoms with Crippen molar-refractivity contribution < 1.29 is 27.9 Å². The summed E-state index contributed by atoms with van der Waals surface area (Å²) in [5.41, 5.74) is 3.99. The van der Waals surface area contributed by atoms with Crippen molar-refractivity contribution in [3.8, 4) is 5.75 Å². The first kappa shape index (κ1) is 34.6. The first-order valence-electron chi connectivity index (χ1n) is 14.0. The highest BCUT2D eigenvalue weighted by molar-refractivity contribution is 7.54. The van der Waals surface area contributed by atoms with Crippen LogP contribution >= 0.6 is 30.8 Å². The molecule has 0 aliphatic heterocycles. The highest BCUT2D eigenvalue weighted by Crippen LogP contribution is 2.47. The van der Waals surface area contributed by atoms with E-state index < -0.39 is 19.7 Å². The number of ether oxygens (including phenoxy) is 1. The highest BCUT2D eigenvalue weighted by atomic mass is 35.5. The molecule has 234 valence electrons. The van der Waals surface area contributed by atoms with Gasteiger partial charge in [0.15, 0.2) is 0 Å². The largest absolute Gasteiger partial charge is 0.448 e. The molecule has 1 heterocycles. The van der Waals surface area contributed by atoms with Gasteiger partial charge in [0.1, 0.15) is 24.9 Å². The molecule has 2 aromatic carbocycles. The third-order valence-electron chi connectivity index (χ3n) is 6.65. The molecule has 0 saturated carbocycles. The molecular weight excluding hydrogens is 614 g/mol. The molecular formula is C30H39Cl2N4O6P. The van der Waals surface area contributed by atoms with Crippen LogP contribution in [-0.2, 0) is 31.6 Å². The third kappa shape index (κ3) is 11.0. The lowest BCUT2D eigenvalue weighted by Gasteiger charge is -2.21. The predicted molar refractivity (Wildman–Crippen MR) is 168 cm³/mol. The number of Topliss-reactive ketones (excluding diaryl/α,β-unsaturated/α-hetero) is 1. The van der Waals surface area contributed by atoms with Crippen molar-refractivity contribution in [3.05, 3.63) is 81.1 Å². The number of carbonyl (C=O) groups is 2. The Kier molecular flexibility index (Phi) is 13.1. The van der Waals surface area contributed by atoms with Crippen molar-refractivity contribution >= 4 is 42.7 Å². The van der Waals surface area contributed by atoms with Crippen molar-refractivity contribution in [1.82, 2.24) is 20.4 Å². The molecule has 0 aliphatic carbocycles. The Hall–Kier alpha value is -2.88. The molecule has 0 fully saturated rings. The van der Waals surface area contributed by atoms with Crippen LogP contribution in [-0.4, -0.2) is 53.7 Å². The van der Waals surface area contributed by atoms with Gasteiger partial charge in [-0.2, -0.15) is 5.10 Å². The summed E-state index contributed by atoms with van der Waals surface area (Å²) in [6.07, 6.45) is -0.158. The van der Waals surface area contributed by atoms with Gasteiger partial charge in [0.25, 0.3) is 0 Å². The van der Waals surface area contributed by atoms with Gasteiger partial charge in [-0.1, -0.05) is 55.2 Å². The van der Waals surface area contributed by atoms with Gasteiger partial charge in [0.05, 0.1) is 24.4 Å². The Morgan fingerprint density at radius 3 is 2.37 bits per heavy atom. The second-order valence-corrected chi connectivity index (χ2v) is 13.4. The maximum Gasteiger partial charge on any atom is 0.407 e. The van der Waals surface area contributed by atoms with Crippen molar-refractivity contribution in [2.24, 2.45) is 0 Å². The first-order chi connectivity index (χ1) is 20.4. The number of alkyl carbamates (subject to hydrolysis) is 1. The fourth-order valence-electron chi connectivity index (χ4n) is 4.18. The van der Waals surface area contributed by atoms with Crippen LogP contribution in [0.25, 0.3) is 0 Å². The summed E-state index contributed by atoms with van der Waals surface area (Å²) in [4.78, 5) is 23.9. The SMILES string of the molecule is CC(=O)[C@H](C)NCOP(=O)(CCNC(=O)OCCn1nc(C(C)C)c(Cc2cc(Cl)cc(Cl)c2)c1C)Oc1ccccc1. The van der Waals surface area contributed by atoms with E-state index >= 15 is 0 Å². The summed E-state index contributed by atoms with van der Waals surface area (Å²) in [5.74, 6) is 0.465. The number of para-hydroxylation sites is 1. The van der Waals surface area contributed by atoms with E-state index in [1.54, 1.807) is 43.3 Å². The van der Waals surface area contributed by atoms with Gasteiger partial charge < -0.3 is 14.6 Å². The molecule has 0 aliphatic rings. The molecule has 3 rings (SSSR count). The van der Waals surface area contributed by atoms with Crippen molar-refractivity contribution in [3.63, 3.8) is 0 Å². The molecule has 0 spiro atoms. The summed E-state index contributed by atoms with van der Waals surface area (Å²) in [7, 11) is -3.69. The topological polar surface area (TPSA) is 121 Å². The van der Waals surface area contributed by atoms with E-state index in [1.165, 1.54) is 6.92 Å². The lowest BCUT2D eigenvalue weighted by atomic mass is 9.98. The van der Waals surface area contributed by atoms with Crippen LogP contribution in [0.15, 0.2) is 48.5 Å². The highest BCUT2D eigenvalue weighted by Gasteiger charge is 2.27. The Morgan fingerprint density at radius 1 is 1.07 bits per heavy atom. The minimum absolute atomic E-state index is 0.0180. The van der Waals surface area contributed by atoms with E-state index in [0.29, 0.717) is 28.8 Å². The van der Waals surface area contributed by atoms with Crippen LogP contribution < -0.4 is 15.2 Å². The number of nitrogens with one attached hydrogen (secondary N) is 2. The van der Waals surface area contributed by atoms with E-state index in [0.717, 1.165) is 22.5 Å². The van der Waals surface area contributed by atoms with Gasteiger partial charge in [-0.25, -0.2) is 9.36 Å². The predicted octanol–water partition coefficient (Wildman–Crippen LogP) is 6.75. The normalized spacial score (nSPS) is 13.4. The number of rotatable bonds is 16. The minimum Gasteiger partial charge on any atom is -0.448 e. The number of amides is 1. The molecule has 3 aromatic rings. The number of nitrogens with zero attached hydrogens (tertiary/aromatic N) is 2. The van der Waals surface area contributed by atoms with E-state index in [4.69, 9.17) is 42.1 Å². The lowest BCUT2D eigenvalue weighted by molar-refractivity contribution is -0.118. The van der Waals surface area contributed by atoms with Crippen LogP contribution in [0.3, 0.4) is 0 Å². The molecule has 1 aromatic heterocycles. The van der Waals surface area contributed by atoms with E-state index in [2.05, 4.69) is 24.5 Å². The number of halogens is 2. The van der Waals surface area contributed by atoms with Crippen LogP contribution in [0.5, 0.6) is 5.75 Å². The van der Waals surface area contributed by atoms with Gasteiger partial charge in [-0.3, -0.25) is 19.3 Å².